The smallest absolute Gasteiger partial charge is 0.407 e. The second-order valence-electron chi connectivity index (χ2n) is 3.89. The second kappa shape index (κ2) is 5.84. The highest BCUT2D eigenvalue weighted by molar-refractivity contribution is 5.68. The van der Waals surface area contributed by atoms with E-state index in [1.807, 2.05) is 20.8 Å². The number of carbonyl (C=O) groups is 1. The van der Waals surface area contributed by atoms with E-state index in [0.717, 1.165) is 19.3 Å². The molecule has 0 aliphatic rings. The number of amides is 1. The maximum absolute atomic E-state index is 11.2. The van der Waals surface area contributed by atoms with Crippen LogP contribution in [0.4, 0.5) is 4.79 Å². The van der Waals surface area contributed by atoms with Gasteiger partial charge >= 0.3 is 6.09 Å². The van der Waals surface area contributed by atoms with Crippen molar-refractivity contribution in [2.24, 2.45) is 0 Å². The van der Waals surface area contributed by atoms with Crippen molar-refractivity contribution in [3.63, 3.8) is 0 Å². The topological polar surface area (TPSA) is 38.3 Å². The number of rotatable bonds is 5. The number of nitrogens with one attached hydrogen (secondary N) is 1. The summed E-state index contributed by atoms with van der Waals surface area (Å²) in [5.41, 5.74) is -0.153. The summed E-state index contributed by atoms with van der Waals surface area (Å²) < 4.78 is 4.92. The van der Waals surface area contributed by atoms with Crippen LogP contribution in [0, 0.1) is 0 Å². The zero-order chi connectivity index (χ0) is 10.3. The quantitative estimate of drug-likeness (QED) is 0.718. The molecule has 1 amide bonds. The average Bonchev–Trinajstić information content (AvgIpc) is 1.99. The van der Waals surface area contributed by atoms with Gasteiger partial charge in [0.05, 0.1) is 6.61 Å². The Morgan fingerprint density at radius 2 is 1.92 bits per heavy atom. The number of hydrogen-bond acceptors (Lipinski definition) is 2. The van der Waals surface area contributed by atoms with Gasteiger partial charge in [0.15, 0.2) is 0 Å². The van der Waals surface area contributed by atoms with E-state index in [-0.39, 0.29) is 11.6 Å². The molecule has 0 aromatic rings. The molecule has 3 nitrogen and oxygen atoms in total. The van der Waals surface area contributed by atoms with E-state index < -0.39 is 0 Å². The number of carbonyl (C=O) groups excluding carboxylic acids is 1. The molecule has 0 bridgehead atoms. The summed E-state index contributed by atoms with van der Waals surface area (Å²) in [6.45, 7) is 8.58. The van der Waals surface area contributed by atoms with Crippen molar-refractivity contribution in [2.45, 2.75) is 52.5 Å². The second-order valence-corrected chi connectivity index (χ2v) is 3.89. The SMILES string of the molecule is CCCOC(=O)NC(C)(C)CCC. The molecule has 0 aromatic heterocycles. The normalized spacial score (nSPS) is 11.1. The lowest BCUT2D eigenvalue weighted by atomic mass is 9.99. The minimum atomic E-state index is -0.305. The average molecular weight is 187 g/mol. The molecule has 0 spiro atoms. The molecule has 0 rings (SSSR count). The Morgan fingerprint density at radius 3 is 2.38 bits per heavy atom. The number of ether oxygens (including phenoxy) is 1. The molecule has 0 aromatic carbocycles. The fourth-order valence-corrected chi connectivity index (χ4v) is 1.19. The molecular formula is C10H21NO2. The molecular weight excluding hydrogens is 166 g/mol. The summed E-state index contributed by atoms with van der Waals surface area (Å²) in [5.74, 6) is 0. The van der Waals surface area contributed by atoms with Gasteiger partial charge in [-0.3, -0.25) is 0 Å². The van der Waals surface area contributed by atoms with Crippen molar-refractivity contribution in [1.82, 2.24) is 5.32 Å². The van der Waals surface area contributed by atoms with Crippen LogP contribution in [-0.4, -0.2) is 18.2 Å². The Bertz CT molecular complexity index is 155. The zero-order valence-corrected chi connectivity index (χ0v) is 9.14. The Labute approximate surface area is 80.8 Å². The molecule has 0 heterocycles. The summed E-state index contributed by atoms with van der Waals surface area (Å²) in [7, 11) is 0. The van der Waals surface area contributed by atoms with Crippen LogP contribution < -0.4 is 5.32 Å². The lowest BCUT2D eigenvalue weighted by molar-refractivity contribution is 0.135. The highest BCUT2D eigenvalue weighted by Gasteiger charge is 2.19. The third-order valence-electron chi connectivity index (χ3n) is 1.75. The lowest BCUT2D eigenvalue weighted by Gasteiger charge is -2.25. The van der Waals surface area contributed by atoms with Gasteiger partial charge in [0, 0.05) is 5.54 Å². The van der Waals surface area contributed by atoms with Crippen LogP contribution in [0.2, 0.25) is 0 Å². The minimum absolute atomic E-state index is 0.153. The zero-order valence-electron chi connectivity index (χ0n) is 9.14. The van der Waals surface area contributed by atoms with Crippen LogP contribution in [0.15, 0.2) is 0 Å². The molecule has 78 valence electrons. The predicted octanol–water partition coefficient (Wildman–Crippen LogP) is 2.70. The Kier molecular flexibility index (Phi) is 5.51. The molecule has 0 aliphatic heterocycles. The van der Waals surface area contributed by atoms with Crippen molar-refractivity contribution in [2.75, 3.05) is 6.61 Å². The molecule has 0 saturated heterocycles. The fraction of sp³-hybridized carbons (Fsp3) is 0.900. The van der Waals surface area contributed by atoms with Gasteiger partial charge in [0.25, 0.3) is 0 Å². The molecule has 0 radical (unpaired) electrons. The van der Waals surface area contributed by atoms with Gasteiger partial charge < -0.3 is 10.1 Å². The fourth-order valence-electron chi connectivity index (χ4n) is 1.19. The van der Waals surface area contributed by atoms with Gasteiger partial charge in [-0.25, -0.2) is 4.79 Å². The van der Waals surface area contributed by atoms with Crippen molar-refractivity contribution in [1.29, 1.82) is 0 Å². The van der Waals surface area contributed by atoms with E-state index in [4.69, 9.17) is 4.74 Å². The van der Waals surface area contributed by atoms with Gasteiger partial charge in [-0.2, -0.15) is 0 Å². The maximum atomic E-state index is 11.2. The van der Waals surface area contributed by atoms with Gasteiger partial charge in [0.2, 0.25) is 0 Å². The van der Waals surface area contributed by atoms with Crippen molar-refractivity contribution in [3.05, 3.63) is 0 Å². The molecule has 0 fully saturated rings. The van der Waals surface area contributed by atoms with Crippen LogP contribution in [0.1, 0.15) is 47.0 Å². The Hall–Kier alpha value is -0.730. The monoisotopic (exact) mass is 187 g/mol. The largest absolute Gasteiger partial charge is 0.450 e. The van der Waals surface area contributed by atoms with Gasteiger partial charge in [-0.1, -0.05) is 20.3 Å². The van der Waals surface area contributed by atoms with Crippen molar-refractivity contribution < 1.29 is 9.53 Å². The van der Waals surface area contributed by atoms with Crippen LogP contribution in [0.5, 0.6) is 0 Å². The van der Waals surface area contributed by atoms with E-state index in [0.29, 0.717) is 6.61 Å². The van der Waals surface area contributed by atoms with Crippen LogP contribution in [-0.2, 0) is 4.74 Å². The highest BCUT2D eigenvalue weighted by atomic mass is 16.5. The Balaban J connectivity index is 3.75. The Morgan fingerprint density at radius 1 is 1.31 bits per heavy atom. The van der Waals surface area contributed by atoms with Crippen molar-refractivity contribution in [3.8, 4) is 0 Å². The molecule has 0 unspecified atom stereocenters. The first-order valence-electron chi connectivity index (χ1n) is 4.96. The first-order chi connectivity index (χ1) is 6.02. The molecule has 0 atom stereocenters. The molecule has 0 aliphatic carbocycles. The summed E-state index contributed by atoms with van der Waals surface area (Å²) >= 11 is 0. The highest BCUT2D eigenvalue weighted by Crippen LogP contribution is 2.10. The molecule has 0 saturated carbocycles. The van der Waals surface area contributed by atoms with Crippen LogP contribution in [0.3, 0.4) is 0 Å². The molecule has 3 heteroatoms. The van der Waals surface area contributed by atoms with Gasteiger partial charge in [-0.15, -0.1) is 0 Å². The van der Waals surface area contributed by atoms with E-state index in [9.17, 15) is 4.79 Å². The lowest BCUT2D eigenvalue weighted by Crippen LogP contribution is -2.43. The summed E-state index contributed by atoms with van der Waals surface area (Å²) in [6, 6.07) is 0. The third kappa shape index (κ3) is 6.43. The first-order valence-corrected chi connectivity index (χ1v) is 4.96. The van der Waals surface area contributed by atoms with E-state index in [1.165, 1.54) is 0 Å². The predicted molar refractivity (Wildman–Crippen MR) is 53.8 cm³/mol. The van der Waals surface area contributed by atoms with Crippen molar-refractivity contribution >= 4 is 6.09 Å². The first kappa shape index (κ1) is 12.3. The molecule has 1 N–H and O–H groups in total. The third-order valence-corrected chi connectivity index (χ3v) is 1.75. The van der Waals surface area contributed by atoms with E-state index in [1.54, 1.807) is 0 Å². The standard InChI is InChI=1S/C10H21NO2/c1-5-7-10(3,4)11-9(12)13-8-6-2/h5-8H2,1-4H3,(H,11,12). The summed E-state index contributed by atoms with van der Waals surface area (Å²) in [5, 5.41) is 2.83. The summed E-state index contributed by atoms with van der Waals surface area (Å²) in [6.07, 6.45) is 2.58. The minimum Gasteiger partial charge on any atom is -0.450 e. The van der Waals surface area contributed by atoms with Gasteiger partial charge in [0.1, 0.15) is 0 Å². The van der Waals surface area contributed by atoms with E-state index >= 15 is 0 Å². The summed E-state index contributed by atoms with van der Waals surface area (Å²) in [4.78, 5) is 11.2. The number of alkyl carbamates (subject to hydrolysis) is 1. The van der Waals surface area contributed by atoms with E-state index in [2.05, 4.69) is 12.2 Å². The van der Waals surface area contributed by atoms with Crippen LogP contribution in [0.25, 0.3) is 0 Å². The maximum Gasteiger partial charge on any atom is 0.407 e. The van der Waals surface area contributed by atoms with Gasteiger partial charge in [-0.05, 0) is 26.7 Å². The molecule has 13 heavy (non-hydrogen) atoms. The number of hydrogen-bond donors (Lipinski definition) is 1. The van der Waals surface area contributed by atoms with Crippen LogP contribution >= 0.6 is 0 Å².